The number of hydrogen-bond acceptors (Lipinski definition) is 3. The average Bonchev–Trinajstić information content (AvgIpc) is 2.23. The van der Waals surface area contributed by atoms with Crippen molar-refractivity contribution >= 4 is 7.85 Å². The first-order valence-electron chi connectivity index (χ1n) is 6.75. The van der Waals surface area contributed by atoms with E-state index in [4.69, 9.17) is 5.73 Å². The summed E-state index contributed by atoms with van der Waals surface area (Å²) in [6.45, 7) is 10.8. The molecule has 0 spiro atoms. The number of rotatable bonds is 8. The fraction of sp³-hybridized carbons (Fsp3) is 0.846. The summed E-state index contributed by atoms with van der Waals surface area (Å²) in [6, 6.07) is 0.625. The predicted octanol–water partition coefficient (Wildman–Crippen LogP) is 1.13. The first kappa shape index (κ1) is 16.5. The number of nitrogens with two attached hydrogens (primary N) is 1. The Labute approximate surface area is 108 Å². The van der Waals surface area contributed by atoms with Crippen LogP contribution in [0.1, 0.15) is 27.7 Å². The summed E-state index contributed by atoms with van der Waals surface area (Å²) in [5, 5.41) is 0. The van der Waals surface area contributed by atoms with Crippen LogP contribution in [0.25, 0.3) is 0 Å². The van der Waals surface area contributed by atoms with Crippen molar-refractivity contribution in [3.8, 4) is 0 Å². The van der Waals surface area contributed by atoms with Crippen LogP contribution in [0.5, 0.6) is 0 Å². The van der Waals surface area contributed by atoms with Crippen LogP contribution in [0.2, 0.25) is 6.32 Å². The predicted molar refractivity (Wildman–Crippen MR) is 79.8 cm³/mol. The second-order valence-electron chi connectivity index (χ2n) is 5.50. The SMILES string of the molecule is BCC(C)CN(C)CN(/C=C\C(C)N)C(C)C. The van der Waals surface area contributed by atoms with Gasteiger partial charge in [-0.15, -0.1) is 0 Å². The van der Waals surface area contributed by atoms with Gasteiger partial charge in [-0.2, -0.15) is 0 Å². The standard InChI is InChI=1S/C13H30BN3/c1-11(2)17(7-6-13(4)15)10-16(5)9-12(3)8-14/h6-7,11-13H,8-10,14-15H2,1-5H3/b7-6-. The van der Waals surface area contributed by atoms with Gasteiger partial charge in [-0.25, -0.2) is 0 Å². The Hall–Kier alpha value is -0.475. The van der Waals surface area contributed by atoms with Gasteiger partial charge in [0.25, 0.3) is 0 Å². The monoisotopic (exact) mass is 239 g/mol. The van der Waals surface area contributed by atoms with E-state index in [9.17, 15) is 0 Å². The largest absolute Gasteiger partial charge is 0.362 e. The third kappa shape index (κ3) is 8.28. The Morgan fingerprint density at radius 2 is 1.82 bits per heavy atom. The molecule has 2 N–H and O–H groups in total. The molecule has 2 unspecified atom stereocenters. The summed E-state index contributed by atoms with van der Waals surface area (Å²) < 4.78 is 0. The van der Waals surface area contributed by atoms with Crippen molar-refractivity contribution in [3.05, 3.63) is 12.3 Å². The topological polar surface area (TPSA) is 32.5 Å². The molecule has 0 fully saturated rings. The molecule has 2 atom stereocenters. The number of hydrogen-bond donors (Lipinski definition) is 1. The minimum Gasteiger partial charge on any atom is -0.362 e. The van der Waals surface area contributed by atoms with E-state index in [0.717, 1.165) is 19.1 Å². The zero-order valence-electron chi connectivity index (χ0n) is 12.5. The first-order chi connectivity index (χ1) is 7.86. The van der Waals surface area contributed by atoms with Crippen molar-refractivity contribution in [2.24, 2.45) is 11.7 Å². The Bertz CT molecular complexity index is 217. The molecule has 4 heteroatoms. The maximum Gasteiger partial charge on any atom is 0.101 e. The lowest BCUT2D eigenvalue weighted by atomic mass is 9.92. The van der Waals surface area contributed by atoms with Crippen LogP contribution in [0.15, 0.2) is 12.3 Å². The van der Waals surface area contributed by atoms with Gasteiger partial charge in [0.15, 0.2) is 0 Å². The molecule has 0 heterocycles. The van der Waals surface area contributed by atoms with Crippen LogP contribution < -0.4 is 5.73 Å². The van der Waals surface area contributed by atoms with Crippen LogP contribution in [0.3, 0.4) is 0 Å². The Morgan fingerprint density at radius 3 is 2.24 bits per heavy atom. The Kier molecular flexibility index (Phi) is 8.35. The summed E-state index contributed by atoms with van der Waals surface area (Å²) >= 11 is 0. The van der Waals surface area contributed by atoms with Crippen molar-refractivity contribution in [1.29, 1.82) is 0 Å². The minimum atomic E-state index is 0.121. The Morgan fingerprint density at radius 1 is 1.24 bits per heavy atom. The van der Waals surface area contributed by atoms with Crippen molar-refractivity contribution in [1.82, 2.24) is 9.80 Å². The highest BCUT2D eigenvalue weighted by Crippen LogP contribution is 2.06. The summed E-state index contributed by atoms with van der Waals surface area (Å²) in [7, 11) is 4.43. The normalized spacial score (nSPS) is 15.8. The van der Waals surface area contributed by atoms with Gasteiger partial charge in [0.2, 0.25) is 0 Å². The van der Waals surface area contributed by atoms with Gasteiger partial charge in [0.05, 0.1) is 6.67 Å². The quantitative estimate of drug-likeness (QED) is 0.509. The molecule has 17 heavy (non-hydrogen) atoms. The molecule has 0 radical (unpaired) electrons. The molecule has 0 rings (SSSR count). The molecule has 0 aliphatic rings. The lowest BCUT2D eigenvalue weighted by Gasteiger charge is -2.31. The van der Waals surface area contributed by atoms with E-state index in [0.29, 0.717) is 6.04 Å². The van der Waals surface area contributed by atoms with E-state index < -0.39 is 0 Å². The van der Waals surface area contributed by atoms with E-state index >= 15 is 0 Å². The molecule has 100 valence electrons. The van der Waals surface area contributed by atoms with E-state index in [-0.39, 0.29) is 6.04 Å². The first-order valence-corrected chi connectivity index (χ1v) is 6.75. The second-order valence-corrected chi connectivity index (χ2v) is 5.50. The average molecular weight is 239 g/mol. The summed E-state index contributed by atoms with van der Waals surface area (Å²) in [4.78, 5) is 4.70. The maximum absolute atomic E-state index is 5.75. The summed E-state index contributed by atoms with van der Waals surface area (Å²) in [5.41, 5.74) is 5.75. The van der Waals surface area contributed by atoms with Gasteiger partial charge < -0.3 is 10.6 Å². The highest BCUT2D eigenvalue weighted by Gasteiger charge is 2.10. The zero-order chi connectivity index (χ0) is 13.4. The minimum absolute atomic E-state index is 0.121. The molecule has 0 aromatic heterocycles. The lowest BCUT2D eigenvalue weighted by molar-refractivity contribution is 0.162. The Balaban J connectivity index is 4.25. The highest BCUT2D eigenvalue weighted by atomic mass is 15.3. The zero-order valence-corrected chi connectivity index (χ0v) is 12.5. The van der Waals surface area contributed by atoms with Crippen molar-refractivity contribution in [2.75, 3.05) is 20.3 Å². The van der Waals surface area contributed by atoms with Crippen molar-refractivity contribution in [3.63, 3.8) is 0 Å². The van der Waals surface area contributed by atoms with Crippen LogP contribution in [-0.2, 0) is 0 Å². The van der Waals surface area contributed by atoms with E-state index in [2.05, 4.69) is 57.7 Å². The molecule has 0 aromatic carbocycles. The molecule has 0 bridgehead atoms. The van der Waals surface area contributed by atoms with Gasteiger partial charge >= 0.3 is 0 Å². The smallest absolute Gasteiger partial charge is 0.101 e. The number of nitrogens with zero attached hydrogens (tertiary/aromatic N) is 2. The molecule has 0 aliphatic heterocycles. The van der Waals surface area contributed by atoms with Gasteiger partial charge in [-0.1, -0.05) is 19.3 Å². The van der Waals surface area contributed by atoms with Crippen LogP contribution in [-0.4, -0.2) is 50.0 Å². The van der Waals surface area contributed by atoms with Gasteiger partial charge in [-0.3, -0.25) is 4.90 Å². The molecule has 3 nitrogen and oxygen atoms in total. The van der Waals surface area contributed by atoms with E-state index in [1.807, 2.05) is 6.92 Å². The molecule has 0 aromatic rings. The van der Waals surface area contributed by atoms with Gasteiger partial charge in [0.1, 0.15) is 7.85 Å². The van der Waals surface area contributed by atoms with Crippen LogP contribution in [0, 0.1) is 5.92 Å². The molecule has 0 aliphatic carbocycles. The van der Waals surface area contributed by atoms with Crippen molar-refractivity contribution in [2.45, 2.75) is 46.1 Å². The third-order valence-electron chi connectivity index (χ3n) is 2.97. The third-order valence-corrected chi connectivity index (χ3v) is 2.97. The van der Waals surface area contributed by atoms with Crippen molar-refractivity contribution < 1.29 is 0 Å². The van der Waals surface area contributed by atoms with Crippen LogP contribution in [0.4, 0.5) is 0 Å². The van der Waals surface area contributed by atoms with E-state index in [1.165, 1.54) is 6.32 Å². The van der Waals surface area contributed by atoms with Gasteiger partial charge in [0, 0.05) is 18.6 Å². The highest BCUT2D eigenvalue weighted by molar-refractivity contribution is 6.08. The van der Waals surface area contributed by atoms with Crippen LogP contribution >= 0.6 is 0 Å². The second kappa shape index (κ2) is 8.59. The van der Waals surface area contributed by atoms with E-state index in [1.54, 1.807) is 0 Å². The molecule has 0 saturated heterocycles. The fourth-order valence-corrected chi connectivity index (χ4v) is 1.63. The molecule has 0 amide bonds. The maximum atomic E-state index is 5.75. The summed E-state index contributed by atoms with van der Waals surface area (Å²) in [5.74, 6) is 0.756. The fourth-order valence-electron chi connectivity index (χ4n) is 1.63. The van der Waals surface area contributed by atoms with Gasteiger partial charge in [-0.05, 0) is 39.9 Å². The molecular formula is C13H30BN3. The molecule has 0 saturated carbocycles. The lowest BCUT2D eigenvalue weighted by Crippen LogP contribution is -2.38. The molecular weight excluding hydrogens is 209 g/mol. The summed E-state index contributed by atoms with van der Waals surface area (Å²) in [6.07, 6.45) is 5.42.